The summed E-state index contributed by atoms with van der Waals surface area (Å²) in [6.45, 7) is 0.762. The molecule has 1 N–H and O–H groups in total. The Hall–Kier alpha value is -2.17. The highest BCUT2D eigenvalue weighted by molar-refractivity contribution is 7.88. The zero-order valence-corrected chi connectivity index (χ0v) is 16.1. The standard InChI is InChI=1S/C17H23N3O6S/c1-25-17(7-9-19(10-8-17)27(2,23)24)12-18-15(21)11-20-13-5-3-4-6-14(13)26-16(20)22/h3-6H,7-12H2,1-2H3,(H,18,21). The predicted octanol–water partition coefficient (Wildman–Crippen LogP) is 0.151. The van der Waals surface area contributed by atoms with Crippen LogP contribution in [0.25, 0.3) is 11.1 Å². The minimum absolute atomic E-state index is 0.162. The van der Waals surface area contributed by atoms with Gasteiger partial charge in [0.2, 0.25) is 15.9 Å². The average molecular weight is 397 g/mol. The monoisotopic (exact) mass is 397 g/mol. The number of rotatable bonds is 6. The molecule has 9 nitrogen and oxygen atoms in total. The van der Waals surface area contributed by atoms with Gasteiger partial charge in [-0.15, -0.1) is 0 Å². The number of benzene rings is 1. The van der Waals surface area contributed by atoms with Crippen molar-refractivity contribution in [2.24, 2.45) is 0 Å². The SMILES string of the molecule is COC1(CNC(=O)Cn2c(=O)oc3ccccc32)CCN(S(C)(=O)=O)CC1. The van der Waals surface area contributed by atoms with Crippen molar-refractivity contribution >= 4 is 27.0 Å². The number of methoxy groups -OCH3 is 1. The zero-order valence-electron chi connectivity index (χ0n) is 15.3. The minimum atomic E-state index is -3.23. The molecule has 1 fully saturated rings. The molecule has 0 aliphatic carbocycles. The summed E-state index contributed by atoms with van der Waals surface area (Å²) in [5.74, 6) is -0.931. The molecule has 2 heterocycles. The molecule has 3 rings (SSSR count). The number of fused-ring (bicyclic) bond motifs is 1. The van der Waals surface area contributed by atoms with Gasteiger partial charge in [0.1, 0.15) is 6.54 Å². The Labute approximate surface area is 156 Å². The molecule has 1 aromatic heterocycles. The summed E-state index contributed by atoms with van der Waals surface area (Å²) in [5, 5.41) is 2.79. The predicted molar refractivity (Wildman–Crippen MR) is 98.9 cm³/mol. The molecule has 0 unspecified atom stereocenters. The van der Waals surface area contributed by atoms with Gasteiger partial charge in [-0.05, 0) is 25.0 Å². The van der Waals surface area contributed by atoms with E-state index in [1.807, 2.05) is 0 Å². The Bertz CT molecular complexity index is 986. The molecular weight excluding hydrogens is 374 g/mol. The van der Waals surface area contributed by atoms with Crippen LogP contribution in [-0.2, 0) is 26.1 Å². The lowest BCUT2D eigenvalue weighted by Gasteiger charge is -2.39. The maximum absolute atomic E-state index is 12.4. The number of carbonyl (C=O) groups is 1. The van der Waals surface area contributed by atoms with Gasteiger partial charge in [0.15, 0.2) is 5.58 Å². The number of amides is 1. The molecule has 1 aliphatic rings. The first-order chi connectivity index (χ1) is 12.7. The van der Waals surface area contributed by atoms with Crippen molar-refractivity contribution in [1.82, 2.24) is 14.2 Å². The molecule has 0 bridgehead atoms. The van der Waals surface area contributed by atoms with Crippen molar-refractivity contribution < 1.29 is 22.4 Å². The van der Waals surface area contributed by atoms with Gasteiger partial charge in [0.05, 0.1) is 17.4 Å². The van der Waals surface area contributed by atoms with Crippen LogP contribution in [-0.4, -0.2) is 61.8 Å². The highest BCUT2D eigenvalue weighted by Gasteiger charge is 2.37. The summed E-state index contributed by atoms with van der Waals surface area (Å²) in [6, 6.07) is 6.90. The van der Waals surface area contributed by atoms with Crippen LogP contribution in [0.2, 0.25) is 0 Å². The average Bonchev–Trinajstić information content (AvgIpc) is 2.95. The third-order valence-corrected chi connectivity index (χ3v) is 6.32. The van der Waals surface area contributed by atoms with Crippen LogP contribution >= 0.6 is 0 Å². The van der Waals surface area contributed by atoms with Crippen LogP contribution in [0.4, 0.5) is 0 Å². The summed E-state index contributed by atoms with van der Waals surface area (Å²) in [6.07, 6.45) is 2.14. The maximum atomic E-state index is 12.4. The molecule has 1 amide bonds. The topological polar surface area (TPSA) is 111 Å². The number of aromatic nitrogens is 1. The first-order valence-electron chi connectivity index (χ1n) is 8.59. The Morgan fingerprint density at radius 3 is 2.59 bits per heavy atom. The van der Waals surface area contributed by atoms with E-state index < -0.39 is 21.4 Å². The molecule has 2 aromatic rings. The van der Waals surface area contributed by atoms with E-state index in [1.165, 1.54) is 15.1 Å². The van der Waals surface area contributed by atoms with E-state index in [0.29, 0.717) is 37.0 Å². The van der Waals surface area contributed by atoms with E-state index in [2.05, 4.69) is 5.32 Å². The molecular formula is C17H23N3O6S. The van der Waals surface area contributed by atoms with Crippen LogP contribution < -0.4 is 11.1 Å². The van der Waals surface area contributed by atoms with E-state index >= 15 is 0 Å². The lowest BCUT2D eigenvalue weighted by atomic mass is 9.92. The number of hydrogen-bond donors (Lipinski definition) is 1. The van der Waals surface area contributed by atoms with E-state index in [4.69, 9.17) is 9.15 Å². The van der Waals surface area contributed by atoms with Gasteiger partial charge in [0.25, 0.3) is 0 Å². The Balaban J connectivity index is 1.63. The Morgan fingerprint density at radius 1 is 1.30 bits per heavy atom. The van der Waals surface area contributed by atoms with Crippen molar-refractivity contribution in [2.75, 3.05) is 33.0 Å². The van der Waals surface area contributed by atoms with Crippen molar-refractivity contribution in [2.45, 2.75) is 25.0 Å². The number of piperidine rings is 1. The Kier molecular flexibility index (Phi) is 5.41. The smallest absolute Gasteiger partial charge is 0.408 e. The number of carbonyl (C=O) groups excluding carboxylic acids is 1. The highest BCUT2D eigenvalue weighted by Crippen LogP contribution is 2.26. The molecule has 10 heteroatoms. The van der Waals surface area contributed by atoms with Crippen LogP contribution in [0.3, 0.4) is 0 Å². The molecule has 148 valence electrons. The molecule has 0 radical (unpaired) electrons. The second-order valence-electron chi connectivity index (χ2n) is 6.75. The molecule has 27 heavy (non-hydrogen) atoms. The third-order valence-electron chi connectivity index (χ3n) is 5.02. The maximum Gasteiger partial charge on any atom is 0.420 e. The summed E-state index contributed by atoms with van der Waals surface area (Å²) < 4.78 is 36.7. The fourth-order valence-corrected chi connectivity index (χ4v) is 4.15. The number of nitrogens with zero attached hydrogens (tertiary/aromatic N) is 2. The van der Waals surface area contributed by atoms with Crippen LogP contribution in [0.5, 0.6) is 0 Å². The summed E-state index contributed by atoms with van der Waals surface area (Å²) in [5.41, 5.74) is 0.359. The third kappa shape index (κ3) is 4.23. The molecule has 1 aliphatic heterocycles. The second kappa shape index (κ2) is 7.45. The lowest BCUT2D eigenvalue weighted by molar-refractivity contribution is -0.124. The van der Waals surface area contributed by atoms with Gasteiger partial charge in [-0.2, -0.15) is 0 Å². The molecule has 1 aromatic carbocycles. The molecule has 0 atom stereocenters. The van der Waals surface area contributed by atoms with E-state index in [9.17, 15) is 18.0 Å². The van der Waals surface area contributed by atoms with E-state index in [1.54, 1.807) is 31.4 Å². The number of para-hydroxylation sites is 2. The quantitative estimate of drug-likeness (QED) is 0.743. The highest BCUT2D eigenvalue weighted by atomic mass is 32.2. The number of nitrogens with one attached hydrogen (secondary N) is 1. The van der Waals surface area contributed by atoms with Gasteiger partial charge in [-0.1, -0.05) is 12.1 Å². The fraction of sp³-hybridized carbons (Fsp3) is 0.529. The largest absolute Gasteiger partial charge is 0.420 e. The van der Waals surface area contributed by atoms with Gasteiger partial charge in [0, 0.05) is 26.7 Å². The second-order valence-corrected chi connectivity index (χ2v) is 8.73. The number of ether oxygens (including phenoxy) is 1. The summed E-state index contributed by atoms with van der Waals surface area (Å²) in [4.78, 5) is 24.3. The molecule has 1 saturated heterocycles. The van der Waals surface area contributed by atoms with Gasteiger partial charge < -0.3 is 14.5 Å². The van der Waals surface area contributed by atoms with Gasteiger partial charge in [-0.3, -0.25) is 9.36 Å². The van der Waals surface area contributed by atoms with Crippen LogP contribution in [0.15, 0.2) is 33.5 Å². The van der Waals surface area contributed by atoms with E-state index in [-0.39, 0.29) is 19.0 Å². The Morgan fingerprint density at radius 2 is 1.96 bits per heavy atom. The summed E-state index contributed by atoms with van der Waals surface area (Å²) in [7, 11) is -1.68. The number of sulfonamides is 1. The molecule has 0 saturated carbocycles. The van der Waals surface area contributed by atoms with Gasteiger partial charge >= 0.3 is 5.76 Å². The molecule has 0 spiro atoms. The van der Waals surface area contributed by atoms with Crippen LogP contribution in [0.1, 0.15) is 12.8 Å². The normalized spacial score (nSPS) is 17.9. The first-order valence-corrected chi connectivity index (χ1v) is 10.4. The number of oxazole rings is 1. The van der Waals surface area contributed by atoms with Crippen molar-refractivity contribution in [1.29, 1.82) is 0 Å². The first kappa shape index (κ1) is 19.6. The van der Waals surface area contributed by atoms with E-state index in [0.717, 1.165) is 0 Å². The van der Waals surface area contributed by atoms with Crippen molar-refractivity contribution in [3.05, 3.63) is 34.8 Å². The summed E-state index contributed by atoms with van der Waals surface area (Å²) >= 11 is 0. The van der Waals surface area contributed by atoms with Crippen molar-refractivity contribution in [3.8, 4) is 0 Å². The lowest BCUT2D eigenvalue weighted by Crippen LogP contribution is -2.53. The zero-order chi connectivity index (χ0) is 19.7. The number of hydrogen-bond acceptors (Lipinski definition) is 6. The van der Waals surface area contributed by atoms with Crippen LogP contribution in [0, 0.1) is 0 Å². The minimum Gasteiger partial charge on any atom is -0.408 e. The van der Waals surface area contributed by atoms with Crippen molar-refractivity contribution in [3.63, 3.8) is 0 Å². The fourth-order valence-electron chi connectivity index (χ4n) is 3.30. The van der Waals surface area contributed by atoms with Gasteiger partial charge in [-0.25, -0.2) is 17.5 Å².